The van der Waals surface area contributed by atoms with Gasteiger partial charge in [0.1, 0.15) is 0 Å². The van der Waals surface area contributed by atoms with E-state index in [1.54, 1.807) is 12.1 Å². The van der Waals surface area contributed by atoms with E-state index < -0.39 is 0 Å². The van der Waals surface area contributed by atoms with Crippen molar-refractivity contribution in [3.05, 3.63) is 33.1 Å². The average molecular weight is 241 g/mol. The number of rotatable bonds is 1. The fourth-order valence-electron chi connectivity index (χ4n) is 1.45. The molecule has 0 saturated carbocycles. The summed E-state index contributed by atoms with van der Waals surface area (Å²) in [5.74, 6) is 0. The highest BCUT2D eigenvalue weighted by Crippen LogP contribution is 2.20. The number of fused-ring (bicyclic) bond motifs is 1. The maximum absolute atomic E-state index is 11.7. The summed E-state index contributed by atoms with van der Waals surface area (Å²) >= 11 is 7.29. The third kappa shape index (κ3) is 1.87. The number of aryl methyl sites for hydroxylation is 1. The van der Waals surface area contributed by atoms with Crippen molar-refractivity contribution in [1.82, 2.24) is 9.97 Å². The number of nitrogens with zero attached hydrogens (tertiary/aromatic N) is 1. The summed E-state index contributed by atoms with van der Waals surface area (Å²) in [5, 5.41) is 1.72. The van der Waals surface area contributed by atoms with Crippen molar-refractivity contribution < 1.29 is 0 Å². The molecule has 0 unspecified atom stereocenters. The molecule has 0 bridgehead atoms. The minimum atomic E-state index is -0.144. The van der Waals surface area contributed by atoms with Crippen LogP contribution in [0, 0.1) is 6.92 Å². The van der Waals surface area contributed by atoms with Crippen LogP contribution in [0.25, 0.3) is 10.9 Å². The van der Waals surface area contributed by atoms with E-state index in [0.29, 0.717) is 21.1 Å². The van der Waals surface area contributed by atoms with Gasteiger partial charge in [0.15, 0.2) is 5.16 Å². The van der Waals surface area contributed by atoms with Crippen molar-refractivity contribution in [1.29, 1.82) is 0 Å². The zero-order valence-electron chi connectivity index (χ0n) is 8.30. The fraction of sp³-hybridized carbons (Fsp3) is 0.200. The molecule has 0 aliphatic heterocycles. The Bertz CT molecular complexity index is 579. The van der Waals surface area contributed by atoms with E-state index in [1.807, 2.05) is 13.2 Å². The first kappa shape index (κ1) is 10.5. The van der Waals surface area contributed by atoms with Crippen LogP contribution < -0.4 is 5.56 Å². The van der Waals surface area contributed by atoms with Crippen molar-refractivity contribution in [3.63, 3.8) is 0 Å². The summed E-state index contributed by atoms with van der Waals surface area (Å²) in [6.45, 7) is 1.89. The Hall–Kier alpha value is -1.00. The highest BCUT2D eigenvalue weighted by atomic mass is 35.5. The van der Waals surface area contributed by atoms with Gasteiger partial charge in [-0.2, -0.15) is 0 Å². The van der Waals surface area contributed by atoms with E-state index in [1.165, 1.54) is 11.8 Å². The second kappa shape index (κ2) is 3.87. The van der Waals surface area contributed by atoms with Crippen LogP contribution in [0.4, 0.5) is 0 Å². The molecule has 0 saturated heterocycles. The van der Waals surface area contributed by atoms with E-state index in [9.17, 15) is 4.79 Å². The molecule has 0 fully saturated rings. The second-order valence-electron chi connectivity index (χ2n) is 3.19. The van der Waals surface area contributed by atoms with E-state index in [0.717, 1.165) is 5.56 Å². The molecule has 78 valence electrons. The van der Waals surface area contributed by atoms with Crippen LogP contribution in [0.5, 0.6) is 0 Å². The Balaban J connectivity index is 2.91. The lowest BCUT2D eigenvalue weighted by molar-refractivity contribution is 0.974. The molecule has 5 heteroatoms. The molecule has 0 amide bonds. The van der Waals surface area contributed by atoms with E-state index in [2.05, 4.69) is 9.97 Å². The summed E-state index contributed by atoms with van der Waals surface area (Å²) in [5.41, 5.74) is 1.49. The molecule has 1 aromatic carbocycles. The number of nitrogens with one attached hydrogen (secondary N) is 1. The number of H-pyrrole nitrogens is 1. The SMILES string of the molecule is CSc1nc2c(C)cc(Cl)cc2c(=O)[nH]1. The number of hydrogen-bond donors (Lipinski definition) is 1. The standard InChI is InChI=1S/C10H9ClN2OS/c1-5-3-6(11)4-7-8(5)12-10(15-2)13-9(7)14/h3-4H,1-2H3,(H,12,13,14). The molecule has 0 spiro atoms. The van der Waals surface area contributed by atoms with Crippen molar-refractivity contribution in [2.24, 2.45) is 0 Å². The molecule has 15 heavy (non-hydrogen) atoms. The van der Waals surface area contributed by atoms with Gasteiger partial charge in [0, 0.05) is 5.02 Å². The van der Waals surface area contributed by atoms with Gasteiger partial charge >= 0.3 is 0 Å². The van der Waals surface area contributed by atoms with Crippen molar-refractivity contribution in [3.8, 4) is 0 Å². The summed E-state index contributed by atoms with van der Waals surface area (Å²) in [6.07, 6.45) is 1.87. The van der Waals surface area contributed by atoms with Crippen molar-refractivity contribution in [2.45, 2.75) is 12.1 Å². The molecule has 2 aromatic rings. The van der Waals surface area contributed by atoms with Crippen LogP contribution in [-0.2, 0) is 0 Å². The Morgan fingerprint density at radius 3 is 2.87 bits per heavy atom. The third-order valence-corrected chi connectivity index (χ3v) is 2.94. The number of aromatic nitrogens is 2. The van der Waals surface area contributed by atoms with E-state index in [4.69, 9.17) is 11.6 Å². The largest absolute Gasteiger partial charge is 0.301 e. The Kier molecular flexibility index (Phi) is 2.71. The monoisotopic (exact) mass is 240 g/mol. The smallest absolute Gasteiger partial charge is 0.259 e. The lowest BCUT2D eigenvalue weighted by Crippen LogP contribution is -2.09. The van der Waals surface area contributed by atoms with Gasteiger partial charge in [-0.05, 0) is 30.9 Å². The minimum Gasteiger partial charge on any atom is -0.301 e. The maximum Gasteiger partial charge on any atom is 0.259 e. The molecule has 1 heterocycles. The topological polar surface area (TPSA) is 45.8 Å². The van der Waals surface area contributed by atoms with Gasteiger partial charge in [-0.25, -0.2) is 4.98 Å². The average Bonchev–Trinajstić information content (AvgIpc) is 2.19. The quantitative estimate of drug-likeness (QED) is 0.616. The predicted molar refractivity (Wildman–Crippen MR) is 63.9 cm³/mol. The highest BCUT2D eigenvalue weighted by molar-refractivity contribution is 7.98. The molecule has 0 atom stereocenters. The number of hydrogen-bond acceptors (Lipinski definition) is 3. The van der Waals surface area contributed by atoms with E-state index in [-0.39, 0.29) is 5.56 Å². The number of halogens is 1. The summed E-state index contributed by atoms with van der Waals surface area (Å²) in [4.78, 5) is 18.7. The molecule has 2 rings (SSSR count). The minimum absolute atomic E-state index is 0.144. The molecule has 0 aliphatic carbocycles. The normalized spacial score (nSPS) is 10.9. The maximum atomic E-state index is 11.7. The summed E-state index contributed by atoms with van der Waals surface area (Å²) in [7, 11) is 0. The Labute approximate surface area is 95.9 Å². The van der Waals surface area contributed by atoms with Crippen LogP contribution >= 0.6 is 23.4 Å². The second-order valence-corrected chi connectivity index (χ2v) is 4.43. The van der Waals surface area contributed by atoms with Crippen LogP contribution in [0.3, 0.4) is 0 Å². The first-order chi connectivity index (χ1) is 7.11. The molecule has 3 nitrogen and oxygen atoms in total. The molecule has 1 N–H and O–H groups in total. The Morgan fingerprint density at radius 2 is 2.20 bits per heavy atom. The van der Waals surface area contributed by atoms with Gasteiger partial charge in [-0.1, -0.05) is 23.4 Å². The van der Waals surface area contributed by atoms with Gasteiger partial charge in [-0.15, -0.1) is 0 Å². The lowest BCUT2D eigenvalue weighted by atomic mass is 10.1. The number of thioether (sulfide) groups is 1. The molecule has 1 aromatic heterocycles. The van der Waals surface area contributed by atoms with Gasteiger partial charge in [0.05, 0.1) is 10.9 Å². The van der Waals surface area contributed by atoms with Crippen LogP contribution in [0.1, 0.15) is 5.56 Å². The van der Waals surface area contributed by atoms with Gasteiger partial charge in [-0.3, -0.25) is 4.79 Å². The van der Waals surface area contributed by atoms with Gasteiger partial charge in [0.2, 0.25) is 0 Å². The molecule has 0 aliphatic rings. The van der Waals surface area contributed by atoms with Gasteiger partial charge < -0.3 is 4.98 Å². The number of benzene rings is 1. The zero-order chi connectivity index (χ0) is 11.0. The van der Waals surface area contributed by atoms with Gasteiger partial charge in [0.25, 0.3) is 5.56 Å². The fourth-order valence-corrected chi connectivity index (χ4v) is 2.10. The van der Waals surface area contributed by atoms with Crippen molar-refractivity contribution >= 4 is 34.3 Å². The van der Waals surface area contributed by atoms with Crippen LogP contribution in [-0.4, -0.2) is 16.2 Å². The molecular formula is C10H9ClN2OS. The Morgan fingerprint density at radius 1 is 1.47 bits per heavy atom. The third-order valence-electron chi connectivity index (χ3n) is 2.14. The number of aromatic amines is 1. The highest BCUT2D eigenvalue weighted by Gasteiger charge is 2.06. The predicted octanol–water partition coefficient (Wildman–Crippen LogP) is 2.61. The van der Waals surface area contributed by atoms with E-state index >= 15 is 0 Å². The zero-order valence-corrected chi connectivity index (χ0v) is 9.87. The first-order valence-corrected chi connectivity index (χ1v) is 5.96. The van der Waals surface area contributed by atoms with Crippen LogP contribution in [0.15, 0.2) is 22.1 Å². The lowest BCUT2D eigenvalue weighted by Gasteiger charge is -2.03. The molecule has 0 radical (unpaired) electrons. The summed E-state index contributed by atoms with van der Waals surface area (Å²) < 4.78 is 0. The summed E-state index contributed by atoms with van der Waals surface area (Å²) in [6, 6.07) is 3.44. The first-order valence-electron chi connectivity index (χ1n) is 4.36. The molecular weight excluding hydrogens is 232 g/mol. The van der Waals surface area contributed by atoms with Crippen LogP contribution in [0.2, 0.25) is 5.02 Å². The van der Waals surface area contributed by atoms with Crippen molar-refractivity contribution in [2.75, 3.05) is 6.26 Å².